The van der Waals surface area contributed by atoms with E-state index in [9.17, 15) is 18.0 Å². The number of carbonyl (C=O) groups is 2. The van der Waals surface area contributed by atoms with Crippen molar-refractivity contribution in [1.82, 2.24) is 4.90 Å². The van der Waals surface area contributed by atoms with E-state index in [4.69, 9.17) is 5.11 Å². The van der Waals surface area contributed by atoms with Gasteiger partial charge in [0.1, 0.15) is 0 Å². The van der Waals surface area contributed by atoms with Gasteiger partial charge in [0, 0.05) is 12.1 Å². The molecule has 0 spiro atoms. The van der Waals surface area contributed by atoms with Gasteiger partial charge in [-0.25, -0.2) is 8.42 Å². The van der Waals surface area contributed by atoms with Crippen molar-refractivity contribution in [1.29, 1.82) is 0 Å². The van der Waals surface area contributed by atoms with E-state index in [0.717, 1.165) is 12.8 Å². The summed E-state index contributed by atoms with van der Waals surface area (Å²) in [7, 11) is -3.03. The molecule has 0 aromatic rings. The van der Waals surface area contributed by atoms with Crippen LogP contribution in [0.3, 0.4) is 0 Å². The first kappa shape index (κ1) is 12.9. The number of sulfone groups is 1. The van der Waals surface area contributed by atoms with Gasteiger partial charge in [-0.15, -0.1) is 0 Å². The van der Waals surface area contributed by atoms with Crippen LogP contribution in [0.5, 0.6) is 0 Å². The average molecular weight is 287 g/mol. The standard InChI is InChI=1S/C12H17NO5S/c14-11(9-5-10(9)12(15)16)13(7-1-2-7)8-3-4-19(17,18)6-8/h7-10H,1-6H2,(H,15,16)/t8-,9-,10-/m1/s1. The molecule has 3 atom stereocenters. The van der Waals surface area contributed by atoms with Crippen molar-refractivity contribution < 1.29 is 23.1 Å². The Kier molecular flexibility index (Phi) is 2.85. The van der Waals surface area contributed by atoms with Crippen molar-refractivity contribution in [2.45, 2.75) is 37.8 Å². The van der Waals surface area contributed by atoms with Crippen LogP contribution >= 0.6 is 0 Å². The van der Waals surface area contributed by atoms with Crippen molar-refractivity contribution in [2.75, 3.05) is 11.5 Å². The molecule has 1 saturated heterocycles. The highest BCUT2D eigenvalue weighted by atomic mass is 32.2. The molecule has 19 heavy (non-hydrogen) atoms. The van der Waals surface area contributed by atoms with Crippen molar-refractivity contribution in [2.24, 2.45) is 11.8 Å². The summed E-state index contributed by atoms with van der Waals surface area (Å²) in [5.41, 5.74) is 0. The number of aliphatic carboxylic acids is 1. The van der Waals surface area contributed by atoms with Crippen LogP contribution in [-0.2, 0) is 19.4 Å². The van der Waals surface area contributed by atoms with E-state index in [2.05, 4.69) is 0 Å². The van der Waals surface area contributed by atoms with Crippen LogP contribution in [0.15, 0.2) is 0 Å². The van der Waals surface area contributed by atoms with Crippen LogP contribution in [0.25, 0.3) is 0 Å². The van der Waals surface area contributed by atoms with Crippen molar-refractivity contribution in [3.63, 3.8) is 0 Å². The Bertz CT molecular complexity index is 524. The number of nitrogens with zero attached hydrogens (tertiary/aromatic N) is 1. The minimum Gasteiger partial charge on any atom is -0.481 e. The zero-order valence-electron chi connectivity index (χ0n) is 10.5. The SMILES string of the molecule is O=C(O)[C@@H]1C[C@H]1C(=O)N(C1CC1)[C@@H]1CCS(=O)(=O)C1. The highest BCUT2D eigenvalue weighted by Crippen LogP contribution is 2.43. The van der Waals surface area contributed by atoms with E-state index in [-0.39, 0.29) is 29.5 Å². The number of amides is 1. The number of carboxylic acids is 1. The van der Waals surface area contributed by atoms with Crippen LogP contribution in [0, 0.1) is 11.8 Å². The van der Waals surface area contributed by atoms with Gasteiger partial charge in [0.2, 0.25) is 5.91 Å². The van der Waals surface area contributed by atoms with Crippen LogP contribution < -0.4 is 0 Å². The van der Waals surface area contributed by atoms with Gasteiger partial charge < -0.3 is 10.0 Å². The first-order chi connectivity index (χ1) is 8.89. The molecule has 1 heterocycles. The van der Waals surface area contributed by atoms with Gasteiger partial charge in [-0.05, 0) is 25.7 Å². The van der Waals surface area contributed by atoms with E-state index < -0.39 is 27.6 Å². The van der Waals surface area contributed by atoms with Crippen LogP contribution in [0.4, 0.5) is 0 Å². The highest BCUT2D eigenvalue weighted by Gasteiger charge is 2.53. The Hall–Kier alpha value is -1.11. The lowest BCUT2D eigenvalue weighted by Crippen LogP contribution is -2.44. The third-order valence-electron chi connectivity index (χ3n) is 4.22. The summed E-state index contributed by atoms with van der Waals surface area (Å²) in [5.74, 6) is -1.88. The third-order valence-corrected chi connectivity index (χ3v) is 5.97. The number of hydrogen-bond donors (Lipinski definition) is 1. The Morgan fingerprint density at radius 1 is 1.05 bits per heavy atom. The second-order valence-corrected chi connectivity index (χ2v) is 8.05. The van der Waals surface area contributed by atoms with E-state index in [1.807, 2.05) is 0 Å². The van der Waals surface area contributed by atoms with Gasteiger partial charge in [0.25, 0.3) is 0 Å². The minimum absolute atomic E-state index is 0.0414. The first-order valence-electron chi connectivity index (χ1n) is 6.64. The summed E-state index contributed by atoms with van der Waals surface area (Å²) in [6.07, 6.45) is 2.71. The quantitative estimate of drug-likeness (QED) is 0.778. The van der Waals surface area contributed by atoms with Crippen LogP contribution in [0.2, 0.25) is 0 Å². The fourth-order valence-corrected chi connectivity index (χ4v) is 4.65. The maximum Gasteiger partial charge on any atom is 0.307 e. The normalized spacial score (nSPS) is 35.9. The Balaban J connectivity index is 1.72. The molecular formula is C12H17NO5S. The summed E-state index contributed by atoms with van der Waals surface area (Å²) in [5, 5.41) is 8.89. The fourth-order valence-electron chi connectivity index (χ4n) is 2.94. The van der Waals surface area contributed by atoms with Gasteiger partial charge in [-0.1, -0.05) is 0 Å². The molecule has 1 amide bonds. The Morgan fingerprint density at radius 2 is 1.74 bits per heavy atom. The van der Waals surface area contributed by atoms with Crippen molar-refractivity contribution in [3.05, 3.63) is 0 Å². The lowest BCUT2D eigenvalue weighted by atomic mass is 10.1. The van der Waals surface area contributed by atoms with Gasteiger partial charge in [-0.3, -0.25) is 9.59 Å². The lowest BCUT2D eigenvalue weighted by Gasteiger charge is -2.28. The molecule has 2 aliphatic carbocycles. The second kappa shape index (κ2) is 4.19. The monoisotopic (exact) mass is 287 g/mol. The number of rotatable bonds is 4. The average Bonchev–Trinajstić information content (AvgIpc) is 3.19. The van der Waals surface area contributed by atoms with E-state index in [1.165, 1.54) is 0 Å². The summed E-state index contributed by atoms with van der Waals surface area (Å²) in [6.45, 7) is 0. The summed E-state index contributed by atoms with van der Waals surface area (Å²) < 4.78 is 23.1. The largest absolute Gasteiger partial charge is 0.481 e. The Morgan fingerprint density at radius 3 is 2.16 bits per heavy atom. The zero-order chi connectivity index (χ0) is 13.8. The molecule has 0 radical (unpaired) electrons. The topological polar surface area (TPSA) is 91.8 Å². The molecule has 3 aliphatic rings. The second-order valence-electron chi connectivity index (χ2n) is 5.82. The van der Waals surface area contributed by atoms with Gasteiger partial charge in [-0.2, -0.15) is 0 Å². The molecular weight excluding hydrogens is 270 g/mol. The highest BCUT2D eigenvalue weighted by molar-refractivity contribution is 7.91. The first-order valence-corrected chi connectivity index (χ1v) is 8.46. The molecule has 6 nitrogen and oxygen atoms in total. The fraction of sp³-hybridized carbons (Fsp3) is 0.833. The minimum atomic E-state index is -3.03. The maximum absolute atomic E-state index is 12.4. The predicted molar refractivity (Wildman–Crippen MR) is 66.2 cm³/mol. The molecule has 2 saturated carbocycles. The number of carboxylic acid groups (broad SMARTS) is 1. The molecule has 7 heteroatoms. The van der Waals surface area contributed by atoms with Gasteiger partial charge >= 0.3 is 5.97 Å². The molecule has 1 N–H and O–H groups in total. The van der Waals surface area contributed by atoms with Crippen LogP contribution in [0.1, 0.15) is 25.7 Å². The predicted octanol–water partition coefficient (Wildman–Crippen LogP) is -0.115. The smallest absolute Gasteiger partial charge is 0.307 e. The molecule has 0 unspecified atom stereocenters. The molecule has 0 bridgehead atoms. The van der Waals surface area contributed by atoms with Crippen molar-refractivity contribution >= 4 is 21.7 Å². The van der Waals surface area contributed by atoms with Crippen molar-refractivity contribution in [3.8, 4) is 0 Å². The number of carbonyl (C=O) groups excluding carboxylic acids is 1. The van der Waals surface area contributed by atoms with Gasteiger partial charge in [0.15, 0.2) is 9.84 Å². The van der Waals surface area contributed by atoms with E-state index in [1.54, 1.807) is 4.90 Å². The molecule has 3 rings (SSSR count). The molecule has 0 aromatic heterocycles. The summed E-state index contributed by atoms with van der Waals surface area (Å²) >= 11 is 0. The summed E-state index contributed by atoms with van der Waals surface area (Å²) in [4.78, 5) is 24.9. The zero-order valence-corrected chi connectivity index (χ0v) is 11.3. The van der Waals surface area contributed by atoms with E-state index >= 15 is 0 Å². The molecule has 3 fully saturated rings. The van der Waals surface area contributed by atoms with Crippen LogP contribution in [-0.4, -0.2) is 53.9 Å². The lowest BCUT2D eigenvalue weighted by molar-refractivity contribution is -0.142. The maximum atomic E-state index is 12.4. The third kappa shape index (κ3) is 2.48. The van der Waals surface area contributed by atoms with E-state index in [0.29, 0.717) is 12.8 Å². The molecule has 0 aromatic carbocycles. The Labute approximate surface area is 111 Å². The summed E-state index contributed by atoms with van der Waals surface area (Å²) in [6, 6.07) is -0.0964. The molecule has 1 aliphatic heterocycles. The van der Waals surface area contributed by atoms with Gasteiger partial charge in [0.05, 0.1) is 23.3 Å². The number of hydrogen-bond acceptors (Lipinski definition) is 4. The molecule has 106 valence electrons.